The van der Waals surface area contributed by atoms with E-state index < -0.39 is 34.2 Å². The van der Waals surface area contributed by atoms with Crippen molar-refractivity contribution in [3.8, 4) is 0 Å². The van der Waals surface area contributed by atoms with E-state index in [-0.39, 0.29) is 17.9 Å². The monoisotopic (exact) mass is 432 g/mol. The molecule has 1 aliphatic rings. The molecule has 3 rings (SSSR count). The van der Waals surface area contributed by atoms with Crippen molar-refractivity contribution in [1.82, 2.24) is 4.31 Å². The van der Waals surface area contributed by atoms with Crippen LogP contribution >= 0.6 is 0 Å². The Labute approximate surface area is 176 Å². The van der Waals surface area contributed by atoms with Gasteiger partial charge in [-0.05, 0) is 31.2 Å². The molecule has 1 saturated heterocycles. The highest BCUT2D eigenvalue weighted by atomic mass is 32.2. The van der Waals surface area contributed by atoms with E-state index in [2.05, 4.69) is 0 Å². The molecule has 8 nitrogen and oxygen atoms in total. The van der Waals surface area contributed by atoms with Gasteiger partial charge in [0.15, 0.2) is 6.29 Å². The fourth-order valence-electron chi connectivity index (χ4n) is 3.32. The van der Waals surface area contributed by atoms with E-state index in [9.17, 15) is 18.0 Å². The number of sulfonamides is 1. The predicted molar refractivity (Wildman–Crippen MR) is 110 cm³/mol. The predicted octanol–water partition coefficient (Wildman–Crippen LogP) is 1.94. The molecule has 2 aromatic carbocycles. The summed E-state index contributed by atoms with van der Waals surface area (Å²) in [5.41, 5.74) is 1.30. The van der Waals surface area contributed by atoms with E-state index in [4.69, 9.17) is 9.47 Å². The van der Waals surface area contributed by atoms with E-state index >= 15 is 0 Å². The molecule has 9 heteroatoms. The maximum Gasteiger partial charge on any atom is 0.252 e. The topological polar surface area (TPSA) is 93.2 Å². The molecule has 160 valence electrons. The highest BCUT2D eigenvalue weighted by Gasteiger charge is 2.47. The number of carbonyl (C=O) groups excluding carboxylic acids is 2. The molecule has 1 fully saturated rings. The van der Waals surface area contributed by atoms with Gasteiger partial charge in [0, 0.05) is 14.2 Å². The number of anilines is 1. The number of hydrogen-bond acceptors (Lipinski definition) is 6. The third kappa shape index (κ3) is 4.29. The van der Waals surface area contributed by atoms with Gasteiger partial charge in [-0.3, -0.25) is 9.59 Å². The van der Waals surface area contributed by atoms with Crippen molar-refractivity contribution in [2.24, 2.45) is 0 Å². The van der Waals surface area contributed by atoms with Crippen molar-refractivity contribution >= 4 is 27.5 Å². The van der Waals surface area contributed by atoms with Crippen molar-refractivity contribution in [2.75, 3.05) is 25.7 Å². The Morgan fingerprint density at radius 2 is 1.63 bits per heavy atom. The summed E-state index contributed by atoms with van der Waals surface area (Å²) in [6, 6.07) is 13.5. The van der Waals surface area contributed by atoms with Crippen LogP contribution in [0.15, 0.2) is 59.5 Å². The molecule has 0 bridgehead atoms. The summed E-state index contributed by atoms with van der Waals surface area (Å²) >= 11 is 0. The number of carbonyl (C=O) groups is 2. The summed E-state index contributed by atoms with van der Waals surface area (Å²) in [4.78, 5) is 26.9. The number of imide groups is 1. The van der Waals surface area contributed by atoms with Gasteiger partial charge in [-0.1, -0.05) is 35.9 Å². The lowest BCUT2D eigenvalue weighted by Gasteiger charge is -2.29. The minimum atomic E-state index is -4.10. The van der Waals surface area contributed by atoms with Crippen LogP contribution in [0.2, 0.25) is 0 Å². The van der Waals surface area contributed by atoms with E-state index in [1.807, 2.05) is 6.92 Å². The first-order chi connectivity index (χ1) is 14.3. The molecular formula is C21H24N2O6S. The Morgan fingerprint density at radius 1 is 1.03 bits per heavy atom. The van der Waals surface area contributed by atoms with Crippen molar-refractivity contribution < 1.29 is 27.5 Å². The molecule has 0 N–H and O–H groups in total. The number of hydrogen-bond donors (Lipinski definition) is 0. The lowest BCUT2D eigenvalue weighted by Crippen LogP contribution is -2.49. The normalized spacial score (nSPS) is 17.4. The fraction of sp³-hybridized carbons (Fsp3) is 0.333. The molecule has 0 spiro atoms. The SMILES string of the molecule is COC(CN(C1CC(=O)N(c2ccccc2)C1=O)S(=O)(=O)c1ccc(C)cc1)OC. The zero-order valence-corrected chi connectivity index (χ0v) is 17.8. The van der Waals surface area contributed by atoms with E-state index in [0.29, 0.717) is 5.69 Å². The van der Waals surface area contributed by atoms with Crippen LogP contribution in [-0.2, 0) is 29.1 Å². The van der Waals surface area contributed by atoms with Gasteiger partial charge in [0.05, 0.1) is 23.5 Å². The van der Waals surface area contributed by atoms with Crippen LogP contribution in [-0.4, -0.2) is 57.6 Å². The first kappa shape index (κ1) is 22.1. The molecule has 30 heavy (non-hydrogen) atoms. The van der Waals surface area contributed by atoms with Crippen LogP contribution in [0, 0.1) is 6.92 Å². The average Bonchev–Trinajstić information content (AvgIpc) is 3.03. The van der Waals surface area contributed by atoms with Gasteiger partial charge in [-0.25, -0.2) is 13.3 Å². The first-order valence-electron chi connectivity index (χ1n) is 9.35. The third-order valence-corrected chi connectivity index (χ3v) is 6.86. The molecule has 2 amide bonds. The molecule has 0 aromatic heterocycles. The molecular weight excluding hydrogens is 408 g/mol. The highest BCUT2D eigenvalue weighted by molar-refractivity contribution is 7.89. The Hall–Kier alpha value is -2.59. The highest BCUT2D eigenvalue weighted by Crippen LogP contribution is 2.29. The second kappa shape index (κ2) is 9.05. The van der Waals surface area contributed by atoms with Crippen molar-refractivity contribution in [1.29, 1.82) is 0 Å². The van der Waals surface area contributed by atoms with Crippen LogP contribution in [0.1, 0.15) is 12.0 Å². The van der Waals surface area contributed by atoms with Gasteiger partial charge in [-0.2, -0.15) is 4.31 Å². The molecule has 0 saturated carbocycles. The number of nitrogens with zero attached hydrogens (tertiary/aromatic N) is 2. The smallest absolute Gasteiger partial charge is 0.252 e. The van der Waals surface area contributed by atoms with Crippen molar-refractivity contribution in [3.63, 3.8) is 0 Å². The molecule has 0 radical (unpaired) electrons. The lowest BCUT2D eigenvalue weighted by atomic mass is 10.2. The van der Waals surface area contributed by atoms with Crippen LogP contribution in [0.4, 0.5) is 5.69 Å². The second-order valence-electron chi connectivity index (χ2n) is 6.91. The van der Waals surface area contributed by atoms with Crippen LogP contribution in [0.3, 0.4) is 0 Å². The number of rotatable bonds is 8. The van der Waals surface area contributed by atoms with Crippen LogP contribution in [0.5, 0.6) is 0 Å². The molecule has 1 atom stereocenters. The molecule has 0 aliphatic carbocycles. The number of para-hydroxylation sites is 1. The molecule has 1 aliphatic heterocycles. The molecule has 2 aromatic rings. The van der Waals surface area contributed by atoms with Gasteiger partial charge >= 0.3 is 0 Å². The molecule has 1 unspecified atom stereocenters. The Bertz CT molecular complexity index is 1000. The summed E-state index contributed by atoms with van der Waals surface area (Å²) in [5, 5.41) is 0. The molecule has 1 heterocycles. The minimum Gasteiger partial charge on any atom is -0.354 e. The lowest BCUT2D eigenvalue weighted by molar-refractivity contribution is -0.125. The first-order valence-corrected chi connectivity index (χ1v) is 10.8. The average molecular weight is 432 g/mol. The number of amides is 2. The number of benzene rings is 2. The summed E-state index contributed by atoms with van der Waals surface area (Å²) in [5.74, 6) is -1.07. The Kier molecular flexibility index (Phi) is 6.67. The second-order valence-corrected chi connectivity index (χ2v) is 8.80. The number of aryl methyl sites for hydroxylation is 1. The quantitative estimate of drug-likeness (QED) is 0.468. The number of methoxy groups -OCH3 is 2. The van der Waals surface area contributed by atoms with E-state index in [1.54, 1.807) is 42.5 Å². The van der Waals surface area contributed by atoms with Gasteiger partial charge in [0.2, 0.25) is 15.9 Å². The Balaban J connectivity index is 2.01. The van der Waals surface area contributed by atoms with E-state index in [0.717, 1.165) is 14.8 Å². The maximum absolute atomic E-state index is 13.4. The van der Waals surface area contributed by atoms with E-state index in [1.165, 1.54) is 26.4 Å². The Morgan fingerprint density at radius 3 is 2.20 bits per heavy atom. The van der Waals surface area contributed by atoms with Gasteiger partial charge in [0.25, 0.3) is 5.91 Å². The largest absolute Gasteiger partial charge is 0.354 e. The fourth-order valence-corrected chi connectivity index (χ4v) is 4.89. The summed E-state index contributed by atoms with van der Waals surface area (Å²) < 4.78 is 38.2. The third-order valence-electron chi connectivity index (χ3n) is 4.97. The van der Waals surface area contributed by atoms with Crippen LogP contribution < -0.4 is 4.90 Å². The van der Waals surface area contributed by atoms with Crippen LogP contribution in [0.25, 0.3) is 0 Å². The zero-order valence-electron chi connectivity index (χ0n) is 17.0. The van der Waals surface area contributed by atoms with Gasteiger partial charge in [-0.15, -0.1) is 0 Å². The standard InChI is InChI=1S/C21H24N2O6S/c1-15-9-11-17(12-10-15)30(26,27)22(14-20(28-2)29-3)18-13-19(24)23(21(18)25)16-7-5-4-6-8-16/h4-12,18,20H,13-14H2,1-3H3. The minimum absolute atomic E-state index is 0.0254. The van der Waals surface area contributed by atoms with Gasteiger partial charge < -0.3 is 9.47 Å². The van der Waals surface area contributed by atoms with Crippen molar-refractivity contribution in [3.05, 3.63) is 60.2 Å². The summed E-state index contributed by atoms with van der Waals surface area (Å²) in [6.45, 7) is 1.60. The summed E-state index contributed by atoms with van der Waals surface area (Å²) in [6.07, 6.45) is -1.17. The summed E-state index contributed by atoms with van der Waals surface area (Å²) in [7, 11) is -1.35. The number of ether oxygens (including phenoxy) is 2. The maximum atomic E-state index is 13.4. The zero-order chi connectivity index (χ0) is 21.9. The van der Waals surface area contributed by atoms with Gasteiger partial charge in [0.1, 0.15) is 6.04 Å². The van der Waals surface area contributed by atoms with Crippen molar-refractivity contribution in [2.45, 2.75) is 30.6 Å².